The van der Waals surface area contributed by atoms with Crippen LogP contribution in [0.15, 0.2) is 18.2 Å². The molecule has 0 saturated carbocycles. The molecule has 1 heterocycles. The smallest absolute Gasteiger partial charge is 0.150 e. The van der Waals surface area contributed by atoms with E-state index in [4.69, 9.17) is 9.47 Å². The average molecular weight is 246 g/mol. The molecule has 0 radical (unpaired) electrons. The molecule has 1 aliphatic rings. The maximum atomic E-state index is 10.9. The monoisotopic (exact) mass is 246 g/mol. The van der Waals surface area contributed by atoms with E-state index in [-0.39, 0.29) is 0 Å². The highest BCUT2D eigenvalue weighted by Crippen LogP contribution is 2.07. The highest BCUT2D eigenvalue weighted by Gasteiger charge is 2.05. The van der Waals surface area contributed by atoms with Gasteiger partial charge in [-0.2, -0.15) is 0 Å². The lowest BCUT2D eigenvalue weighted by Crippen LogP contribution is -2.32. The fourth-order valence-corrected chi connectivity index (χ4v) is 1.96. The molecule has 0 fully saturated rings. The molecular weight excluding hydrogens is 228 g/mol. The topological polar surface area (TPSA) is 35.5 Å². The van der Waals surface area contributed by atoms with Crippen LogP contribution in [0.5, 0.6) is 5.75 Å². The number of rotatable bonds is 6. The van der Waals surface area contributed by atoms with Gasteiger partial charge in [-0.15, -0.1) is 0 Å². The van der Waals surface area contributed by atoms with Gasteiger partial charge in [0.25, 0.3) is 0 Å². The van der Waals surface area contributed by atoms with Gasteiger partial charge in [0.15, 0.2) is 0 Å². The predicted molar refractivity (Wildman–Crippen MR) is 70.6 cm³/mol. The Balaban J connectivity index is 2.16. The third-order valence-electron chi connectivity index (χ3n) is 2.98. The highest BCUT2D eigenvalue weighted by atomic mass is 16.5. The lowest BCUT2D eigenvalue weighted by molar-refractivity contribution is -0.103. The summed E-state index contributed by atoms with van der Waals surface area (Å²) in [5.41, 5.74) is 0.685. The lowest BCUT2D eigenvalue weighted by atomic mass is 10.1. The second-order valence-electron chi connectivity index (χ2n) is 4.38. The molecule has 0 saturated heterocycles. The fraction of sp³-hybridized carbons (Fsp3) is 0.400. The molecule has 0 atom stereocenters. The maximum absolute atomic E-state index is 10.9. The van der Waals surface area contributed by atoms with E-state index in [1.165, 1.54) is 12.8 Å². The number of unbranched alkanes of at least 4 members (excludes halogenated alkanes) is 2. The summed E-state index contributed by atoms with van der Waals surface area (Å²) in [5.74, 6) is 0.830. The molecule has 0 unspecified atom stereocenters. The molecule has 1 aliphatic heterocycles. The Morgan fingerprint density at radius 1 is 1.39 bits per heavy atom. The van der Waals surface area contributed by atoms with Crippen molar-refractivity contribution >= 4 is 18.1 Å². The lowest BCUT2D eigenvalue weighted by Gasteiger charge is -2.09. The predicted octanol–water partition coefficient (Wildman–Crippen LogP) is 1.37. The first-order valence-corrected chi connectivity index (χ1v) is 6.38. The van der Waals surface area contributed by atoms with Crippen molar-refractivity contribution in [2.75, 3.05) is 13.2 Å². The zero-order chi connectivity index (χ0) is 12.8. The van der Waals surface area contributed by atoms with Crippen LogP contribution in [0.25, 0.3) is 11.8 Å². The van der Waals surface area contributed by atoms with Crippen LogP contribution in [0.3, 0.4) is 0 Å². The quantitative estimate of drug-likeness (QED) is 0.562. The molecule has 0 amide bonds. The molecule has 18 heavy (non-hydrogen) atoms. The van der Waals surface area contributed by atoms with Crippen molar-refractivity contribution in [3.63, 3.8) is 0 Å². The SMILES string of the molecule is CCCCCOc1ccc2c(c1)=COCC=2C=O. The van der Waals surface area contributed by atoms with Gasteiger partial charge in [-0.25, -0.2) is 0 Å². The largest absolute Gasteiger partial charge is 0.496 e. The molecule has 1 aromatic carbocycles. The summed E-state index contributed by atoms with van der Waals surface area (Å²) in [5, 5.41) is 1.86. The Labute approximate surface area is 107 Å². The van der Waals surface area contributed by atoms with Gasteiger partial charge in [-0.3, -0.25) is 4.79 Å². The average Bonchev–Trinajstić information content (AvgIpc) is 2.42. The fourth-order valence-electron chi connectivity index (χ4n) is 1.96. The van der Waals surface area contributed by atoms with Crippen molar-refractivity contribution in [2.45, 2.75) is 26.2 Å². The molecule has 0 bridgehead atoms. The van der Waals surface area contributed by atoms with Crippen molar-refractivity contribution in [3.8, 4) is 5.75 Å². The van der Waals surface area contributed by atoms with Crippen LogP contribution in [0.2, 0.25) is 0 Å². The Bertz CT molecular complexity index is 531. The van der Waals surface area contributed by atoms with Crippen LogP contribution in [0.1, 0.15) is 26.2 Å². The maximum Gasteiger partial charge on any atom is 0.150 e. The summed E-state index contributed by atoms with van der Waals surface area (Å²) >= 11 is 0. The number of benzene rings is 1. The number of hydrogen-bond acceptors (Lipinski definition) is 3. The van der Waals surface area contributed by atoms with Crippen molar-refractivity contribution in [1.82, 2.24) is 0 Å². The van der Waals surface area contributed by atoms with Crippen LogP contribution in [0.4, 0.5) is 0 Å². The van der Waals surface area contributed by atoms with Gasteiger partial charge >= 0.3 is 0 Å². The van der Waals surface area contributed by atoms with Crippen LogP contribution in [0, 0.1) is 0 Å². The Morgan fingerprint density at radius 2 is 2.28 bits per heavy atom. The molecule has 0 N–H and O–H groups in total. The molecular formula is C15H18O3. The number of fused-ring (bicyclic) bond motifs is 1. The van der Waals surface area contributed by atoms with Crippen molar-refractivity contribution in [1.29, 1.82) is 0 Å². The molecule has 0 aromatic heterocycles. The molecule has 3 nitrogen and oxygen atoms in total. The number of aldehydes is 1. The zero-order valence-corrected chi connectivity index (χ0v) is 10.6. The summed E-state index contributed by atoms with van der Waals surface area (Å²) in [7, 11) is 0. The van der Waals surface area contributed by atoms with E-state index < -0.39 is 0 Å². The van der Waals surface area contributed by atoms with E-state index in [0.29, 0.717) is 12.2 Å². The standard InChI is InChI=1S/C15H18O3/c1-2-3-4-7-18-14-5-6-15-12(8-14)10-17-11-13(15)9-16/h5-6,8-10H,2-4,7,11H2,1H3. The number of hydrogen-bond donors (Lipinski definition) is 0. The molecule has 96 valence electrons. The summed E-state index contributed by atoms with van der Waals surface area (Å²) in [6, 6.07) is 5.75. The first kappa shape index (κ1) is 12.7. The summed E-state index contributed by atoms with van der Waals surface area (Å²) in [4.78, 5) is 10.9. The van der Waals surface area contributed by atoms with E-state index >= 15 is 0 Å². The van der Waals surface area contributed by atoms with Gasteiger partial charge in [0, 0.05) is 10.8 Å². The van der Waals surface area contributed by atoms with Gasteiger partial charge in [0.1, 0.15) is 18.6 Å². The van der Waals surface area contributed by atoms with Gasteiger partial charge < -0.3 is 9.47 Å². The summed E-state index contributed by atoms with van der Waals surface area (Å²) < 4.78 is 10.9. The molecule has 1 aromatic rings. The van der Waals surface area contributed by atoms with Crippen LogP contribution in [-0.2, 0) is 9.53 Å². The Kier molecular flexibility index (Phi) is 4.40. The van der Waals surface area contributed by atoms with Gasteiger partial charge in [-0.1, -0.05) is 25.8 Å². The molecule has 2 rings (SSSR count). The van der Waals surface area contributed by atoms with E-state index in [0.717, 1.165) is 35.5 Å². The molecule has 0 spiro atoms. The van der Waals surface area contributed by atoms with Gasteiger partial charge in [0.05, 0.1) is 12.9 Å². The van der Waals surface area contributed by atoms with E-state index in [2.05, 4.69) is 6.92 Å². The minimum atomic E-state index is 0.354. The number of carbonyl (C=O) groups is 1. The van der Waals surface area contributed by atoms with E-state index in [9.17, 15) is 4.79 Å². The minimum Gasteiger partial charge on any atom is -0.496 e. The number of carbonyl (C=O) groups excluding carboxylic acids is 1. The number of ether oxygens (including phenoxy) is 2. The summed E-state index contributed by atoms with van der Waals surface area (Å²) in [6.45, 7) is 3.26. The summed E-state index contributed by atoms with van der Waals surface area (Å²) in [6.07, 6.45) is 5.98. The normalized spacial score (nSPS) is 13.3. The van der Waals surface area contributed by atoms with Crippen LogP contribution in [-0.4, -0.2) is 19.5 Å². The third-order valence-corrected chi connectivity index (χ3v) is 2.98. The Hall–Kier alpha value is -1.77. The van der Waals surface area contributed by atoms with Gasteiger partial charge in [-0.05, 0) is 23.8 Å². The zero-order valence-electron chi connectivity index (χ0n) is 10.6. The van der Waals surface area contributed by atoms with Gasteiger partial charge in [0.2, 0.25) is 0 Å². The minimum absolute atomic E-state index is 0.354. The van der Waals surface area contributed by atoms with E-state index in [1.54, 1.807) is 6.26 Å². The second kappa shape index (κ2) is 6.24. The molecule has 3 heteroatoms. The Morgan fingerprint density at radius 3 is 3.06 bits per heavy atom. The first-order valence-electron chi connectivity index (χ1n) is 6.38. The van der Waals surface area contributed by atoms with E-state index in [1.807, 2.05) is 18.2 Å². The van der Waals surface area contributed by atoms with Crippen molar-refractivity contribution in [3.05, 3.63) is 28.6 Å². The van der Waals surface area contributed by atoms with Crippen LogP contribution < -0.4 is 15.2 Å². The third kappa shape index (κ3) is 2.92. The second-order valence-corrected chi connectivity index (χ2v) is 4.38. The van der Waals surface area contributed by atoms with Crippen molar-refractivity contribution in [2.24, 2.45) is 0 Å². The van der Waals surface area contributed by atoms with Crippen molar-refractivity contribution < 1.29 is 14.3 Å². The highest BCUT2D eigenvalue weighted by molar-refractivity contribution is 5.99. The van der Waals surface area contributed by atoms with Crippen LogP contribution >= 0.6 is 0 Å². The molecule has 0 aliphatic carbocycles. The first-order chi connectivity index (χ1) is 8.85.